The van der Waals surface area contributed by atoms with Crippen molar-refractivity contribution in [2.45, 2.75) is 73.8 Å². The van der Waals surface area contributed by atoms with E-state index in [4.69, 9.17) is 23.3 Å². The summed E-state index contributed by atoms with van der Waals surface area (Å²) >= 11 is 0. The zero-order chi connectivity index (χ0) is 26.3. The number of amidine groups is 1. The lowest BCUT2D eigenvalue weighted by Gasteiger charge is -2.33. The van der Waals surface area contributed by atoms with Crippen LogP contribution in [0.25, 0.3) is 0 Å². The summed E-state index contributed by atoms with van der Waals surface area (Å²) in [5.41, 5.74) is 9.80. The number of carbonyl (C=O) groups is 1. The first kappa shape index (κ1) is 28.7. The molecule has 6 nitrogen and oxygen atoms in total. The van der Waals surface area contributed by atoms with E-state index in [0.717, 1.165) is 24.1 Å². The van der Waals surface area contributed by atoms with Gasteiger partial charge in [0.05, 0.1) is 18.5 Å². The first-order valence-corrected chi connectivity index (χ1v) is 11.5. The summed E-state index contributed by atoms with van der Waals surface area (Å²) in [6.45, 7) is 15.5. The summed E-state index contributed by atoms with van der Waals surface area (Å²) in [6, 6.07) is 0. The number of hydrogen-bond acceptors (Lipinski definition) is 4. The van der Waals surface area contributed by atoms with Gasteiger partial charge in [-0.15, -0.1) is 12.8 Å². The van der Waals surface area contributed by atoms with E-state index in [9.17, 15) is 4.79 Å². The maximum atomic E-state index is 13.3. The van der Waals surface area contributed by atoms with Crippen molar-refractivity contribution in [2.24, 2.45) is 16.1 Å². The lowest BCUT2D eigenvalue weighted by atomic mass is 9.88. The van der Waals surface area contributed by atoms with Crippen LogP contribution in [-0.4, -0.2) is 35.8 Å². The summed E-state index contributed by atoms with van der Waals surface area (Å²) in [5, 5.41) is 2.98. The highest BCUT2D eigenvalue weighted by Crippen LogP contribution is 2.31. The Morgan fingerprint density at radius 3 is 2.38 bits per heavy atom. The van der Waals surface area contributed by atoms with Crippen LogP contribution in [0.3, 0.4) is 0 Å². The van der Waals surface area contributed by atoms with Gasteiger partial charge in [-0.1, -0.05) is 24.8 Å². The molecular formula is C28H40N4O2. The summed E-state index contributed by atoms with van der Waals surface area (Å²) in [7, 11) is 2.01. The second kappa shape index (κ2) is 11.7. The van der Waals surface area contributed by atoms with Crippen LogP contribution in [0.4, 0.5) is 0 Å². The molecule has 0 radical (unpaired) electrons. The van der Waals surface area contributed by atoms with Crippen LogP contribution >= 0.6 is 0 Å². The van der Waals surface area contributed by atoms with Crippen molar-refractivity contribution in [2.75, 3.05) is 13.6 Å². The van der Waals surface area contributed by atoms with Crippen molar-refractivity contribution < 1.29 is 9.53 Å². The van der Waals surface area contributed by atoms with E-state index in [1.807, 2.05) is 27.8 Å². The van der Waals surface area contributed by atoms with Gasteiger partial charge in [0.1, 0.15) is 5.84 Å². The lowest BCUT2D eigenvalue weighted by Crippen LogP contribution is -2.48. The van der Waals surface area contributed by atoms with Gasteiger partial charge in [0.2, 0.25) is 11.5 Å². The highest BCUT2D eigenvalue weighted by molar-refractivity contribution is 6.10. The summed E-state index contributed by atoms with van der Waals surface area (Å²) in [6.07, 6.45) is 16.6. The van der Waals surface area contributed by atoms with E-state index < -0.39 is 16.9 Å². The van der Waals surface area contributed by atoms with Gasteiger partial charge in [-0.3, -0.25) is 4.79 Å². The molecule has 2 atom stereocenters. The fourth-order valence-electron chi connectivity index (χ4n) is 3.74. The minimum absolute atomic E-state index is 0.0251. The Balaban J connectivity index is 3.29. The van der Waals surface area contributed by atoms with Crippen LogP contribution in [0.2, 0.25) is 0 Å². The molecule has 0 aromatic rings. The van der Waals surface area contributed by atoms with Crippen molar-refractivity contribution in [3.8, 4) is 24.7 Å². The molecule has 0 aliphatic carbocycles. The molecule has 2 unspecified atom stereocenters. The van der Waals surface area contributed by atoms with Crippen LogP contribution in [0.1, 0.15) is 68.2 Å². The monoisotopic (exact) mass is 464 g/mol. The molecule has 0 saturated heterocycles. The number of aliphatic imine (C=N–C) groups is 1. The normalized spacial score (nSPS) is 18.1. The zero-order valence-electron chi connectivity index (χ0n) is 22.2. The SMILES string of the molecule is C#CC(C)(O/C=C\C)C(/N=C(/N)C(C)(C#C)C(=O)NCC1=C(CC)CC(C)=C(C)N1C)=C(C)C. The van der Waals surface area contributed by atoms with Crippen molar-refractivity contribution in [3.05, 3.63) is 46.1 Å². The van der Waals surface area contributed by atoms with E-state index in [2.05, 4.69) is 47.8 Å². The van der Waals surface area contributed by atoms with Gasteiger partial charge in [0.25, 0.3) is 0 Å². The van der Waals surface area contributed by atoms with Gasteiger partial charge in [0.15, 0.2) is 5.41 Å². The van der Waals surface area contributed by atoms with E-state index >= 15 is 0 Å². The molecule has 6 heteroatoms. The average Bonchev–Trinajstić information content (AvgIpc) is 2.82. The first-order chi connectivity index (χ1) is 15.8. The van der Waals surface area contributed by atoms with Gasteiger partial charge in [-0.25, -0.2) is 4.99 Å². The maximum Gasteiger partial charge on any atom is 0.246 e. The Morgan fingerprint density at radius 1 is 1.29 bits per heavy atom. The molecule has 0 fully saturated rings. The fourth-order valence-corrected chi connectivity index (χ4v) is 3.74. The van der Waals surface area contributed by atoms with Crippen LogP contribution in [0, 0.1) is 30.1 Å². The van der Waals surface area contributed by atoms with E-state index in [1.165, 1.54) is 23.1 Å². The van der Waals surface area contributed by atoms with Crippen LogP contribution in [0.15, 0.2) is 51.1 Å². The smallest absolute Gasteiger partial charge is 0.246 e. The third-order valence-electron chi connectivity index (χ3n) is 6.38. The predicted molar refractivity (Wildman–Crippen MR) is 141 cm³/mol. The minimum Gasteiger partial charge on any atom is -0.477 e. The summed E-state index contributed by atoms with van der Waals surface area (Å²) < 4.78 is 5.74. The van der Waals surface area contributed by atoms with E-state index in [1.54, 1.807) is 19.9 Å². The van der Waals surface area contributed by atoms with Gasteiger partial charge in [-0.05, 0) is 78.0 Å². The second-order valence-electron chi connectivity index (χ2n) is 9.07. The molecule has 34 heavy (non-hydrogen) atoms. The number of carbonyl (C=O) groups excluding carboxylic acids is 1. The van der Waals surface area contributed by atoms with Crippen LogP contribution in [-0.2, 0) is 9.53 Å². The number of likely N-dealkylation sites (N-methyl/N-ethyl adjacent to an activating group) is 1. The second-order valence-corrected chi connectivity index (χ2v) is 9.07. The molecule has 1 heterocycles. The van der Waals surface area contributed by atoms with Crippen molar-refractivity contribution >= 4 is 11.7 Å². The Morgan fingerprint density at radius 2 is 1.91 bits per heavy atom. The van der Waals surface area contributed by atoms with Gasteiger partial charge < -0.3 is 20.7 Å². The molecule has 0 aromatic carbocycles. The quantitative estimate of drug-likeness (QED) is 0.226. The van der Waals surface area contributed by atoms with E-state index in [-0.39, 0.29) is 5.84 Å². The number of allylic oxidation sites excluding steroid dienone is 5. The predicted octanol–water partition coefficient (Wildman–Crippen LogP) is 4.63. The van der Waals surface area contributed by atoms with Gasteiger partial charge >= 0.3 is 0 Å². The molecular weight excluding hydrogens is 424 g/mol. The number of amides is 1. The van der Waals surface area contributed by atoms with E-state index in [0.29, 0.717) is 12.2 Å². The zero-order valence-corrected chi connectivity index (χ0v) is 22.2. The van der Waals surface area contributed by atoms with Crippen LogP contribution in [0.5, 0.6) is 0 Å². The maximum absolute atomic E-state index is 13.3. The molecule has 1 aliphatic rings. The topological polar surface area (TPSA) is 80.0 Å². The molecule has 1 rings (SSSR count). The molecule has 0 bridgehead atoms. The Kier molecular flexibility index (Phi) is 9.82. The van der Waals surface area contributed by atoms with Crippen LogP contribution < -0.4 is 11.1 Å². The number of ether oxygens (including phenoxy) is 1. The molecule has 0 saturated carbocycles. The number of nitrogens with zero attached hydrogens (tertiary/aromatic N) is 2. The number of hydrogen-bond donors (Lipinski definition) is 2. The number of nitrogens with one attached hydrogen (secondary N) is 1. The van der Waals surface area contributed by atoms with Crippen molar-refractivity contribution in [3.63, 3.8) is 0 Å². The fraction of sp³-hybridized carbons (Fsp3) is 0.500. The third kappa shape index (κ3) is 5.94. The number of terminal acetylenes is 2. The Bertz CT molecular complexity index is 1040. The molecule has 184 valence electrons. The van der Waals surface area contributed by atoms with Gasteiger partial charge in [-0.2, -0.15) is 0 Å². The molecule has 3 N–H and O–H groups in total. The summed E-state index contributed by atoms with van der Waals surface area (Å²) in [4.78, 5) is 20.0. The van der Waals surface area contributed by atoms with Crippen molar-refractivity contribution in [1.29, 1.82) is 0 Å². The summed E-state index contributed by atoms with van der Waals surface area (Å²) in [5.74, 6) is 4.74. The molecule has 1 aliphatic heterocycles. The number of nitrogens with two attached hydrogens (primary N) is 1. The number of rotatable bonds is 9. The largest absolute Gasteiger partial charge is 0.477 e. The highest BCUT2D eigenvalue weighted by Gasteiger charge is 2.38. The Hall–Kier alpha value is -3.38. The molecule has 0 aromatic heterocycles. The highest BCUT2D eigenvalue weighted by atomic mass is 16.5. The standard InChI is InChI=1S/C28H40N4O2/c1-12-16-34-28(10,15-4)24(19(5)6)31-25(29)27(9,14-3)26(33)30-18-23-22(13-2)17-20(7)21(8)32(23)11/h3-4,12,16H,13,17-18H2,1-2,5-11H3,(H2,29,31)(H,30,33)/b16-12-. The lowest BCUT2D eigenvalue weighted by molar-refractivity contribution is -0.124. The first-order valence-electron chi connectivity index (χ1n) is 11.5. The third-order valence-corrected chi connectivity index (χ3v) is 6.38. The minimum atomic E-state index is -1.47. The molecule has 1 amide bonds. The van der Waals surface area contributed by atoms with Gasteiger partial charge in [0, 0.05) is 18.4 Å². The Labute approximate surface area is 206 Å². The van der Waals surface area contributed by atoms with Crippen molar-refractivity contribution in [1.82, 2.24) is 10.2 Å². The average molecular weight is 465 g/mol. The molecule has 0 spiro atoms.